The quantitative estimate of drug-likeness (QED) is 0.387. The fourth-order valence-electron chi connectivity index (χ4n) is 3.38. The Kier molecular flexibility index (Phi) is 6.15. The molecule has 4 rings (SSSR count). The summed E-state index contributed by atoms with van der Waals surface area (Å²) in [6.45, 7) is 1.60. The van der Waals surface area contributed by atoms with Crippen LogP contribution in [-0.4, -0.2) is 37.6 Å². The van der Waals surface area contributed by atoms with E-state index in [4.69, 9.17) is 0 Å². The van der Waals surface area contributed by atoms with Gasteiger partial charge in [-0.3, -0.25) is 14.1 Å². The molecule has 0 unspecified atom stereocenters. The summed E-state index contributed by atoms with van der Waals surface area (Å²) < 4.78 is 79.4. The molecule has 9 nitrogen and oxygen atoms in total. The van der Waals surface area contributed by atoms with Gasteiger partial charge in [0.15, 0.2) is 0 Å². The van der Waals surface area contributed by atoms with Crippen molar-refractivity contribution in [3.8, 4) is 5.69 Å². The Morgan fingerprint density at radius 1 is 1.03 bits per heavy atom. The number of hydrogen-bond acceptors (Lipinski definition) is 7. The van der Waals surface area contributed by atoms with Crippen molar-refractivity contribution >= 4 is 36.5 Å². The van der Waals surface area contributed by atoms with E-state index in [-0.39, 0.29) is 22.3 Å². The number of anilines is 1. The lowest BCUT2D eigenvalue weighted by atomic mass is 10.2. The molecule has 35 heavy (non-hydrogen) atoms. The predicted octanol–water partition coefficient (Wildman–Crippen LogP) is 2.71. The molecule has 0 radical (unpaired) electrons. The monoisotopic (exact) mass is 520 g/mol. The average Bonchev–Trinajstić information content (AvgIpc) is 2.78. The summed E-state index contributed by atoms with van der Waals surface area (Å²) in [5, 5.41) is -0.393. The van der Waals surface area contributed by atoms with E-state index < -0.39 is 48.0 Å². The molecule has 0 saturated carbocycles. The van der Waals surface area contributed by atoms with E-state index in [9.17, 15) is 30.4 Å². The number of aryl methyl sites for hydroxylation is 1. The second-order valence-electron chi connectivity index (χ2n) is 7.83. The molecule has 13 heteroatoms. The van der Waals surface area contributed by atoms with Crippen molar-refractivity contribution < 1.29 is 25.6 Å². The molecule has 2 aromatic heterocycles. The number of halogens is 2. The number of rotatable bonds is 6. The van der Waals surface area contributed by atoms with Gasteiger partial charge in [-0.1, -0.05) is 12.1 Å². The SMILES string of the molecule is Cc1cn(-c2ccc(NS(=O)(=O)Cc3ccc(F)cc3)c(F)c2)c(=O)c2cnc(S(C)(=O)=O)nc12. The van der Waals surface area contributed by atoms with Gasteiger partial charge in [0.05, 0.1) is 28.0 Å². The molecule has 0 saturated heterocycles. The molecule has 0 amide bonds. The number of sulfonamides is 1. The number of benzene rings is 2. The first-order valence-corrected chi connectivity index (χ1v) is 13.5. The fourth-order valence-corrected chi connectivity index (χ4v) is 5.08. The molecule has 0 atom stereocenters. The van der Waals surface area contributed by atoms with Crippen LogP contribution in [0.3, 0.4) is 0 Å². The van der Waals surface area contributed by atoms with E-state index in [1.165, 1.54) is 30.5 Å². The summed E-state index contributed by atoms with van der Waals surface area (Å²) in [6, 6.07) is 8.36. The van der Waals surface area contributed by atoms with Crippen LogP contribution in [0.15, 0.2) is 64.8 Å². The van der Waals surface area contributed by atoms with Crippen LogP contribution in [0.25, 0.3) is 16.6 Å². The lowest BCUT2D eigenvalue weighted by Gasteiger charge is -2.13. The van der Waals surface area contributed by atoms with E-state index >= 15 is 0 Å². The number of sulfone groups is 1. The molecule has 0 spiro atoms. The van der Waals surface area contributed by atoms with Crippen molar-refractivity contribution in [1.29, 1.82) is 0 Å². The maximum atomic E-state index is 14.8. The molecule has 0 bridgehead atoms. The number of fused-ring (bicyclic) bond motifs is 1. The summed E-state index contributed by atoms with van der Waals surface area (Å²) in [4.78, 5) is 20.7. The summed E-state index contributed by atoms with van der Waals surface area (Å²) in [6.07, 6.45) is 3.42. The van der Waals surface area contributed by atoms with Gasteiger partial charge in [0.1, 0.15) is 11.6 Å². The van der Waals surface area contributed by atoms with Gasteiger partial charge in [-0.2, -0.15) is 0 Å². The van der Waals surface area contributed by atoms with Crippen molar-refractivity contribution in [3.05, 3.63) is 88.0 Å². The van der Waals surface area contributed by atoms with Crippen molar-refractivity contribution in [2.24, 2.45) is 0 Å². The van der Waals surface area contributed by atoms with Gasteiger partial charge < -0.3 is 0 Å². The number of hydrogen-bond donors (Lipinski definition) is 1. The van der Waals surface area contributed by atoms with Gasteiger partial charge in [-0.05, 0) is 42.3 Å². The maximum absolute atomic E-state index is 14.8. The van der Waals surface area contributed by atoms with Gasteiger partial charge in [0.25, 0.3) is 5.56 Å². The normalized spacial score (nSPS) is 12.1. The van der Waals surface area contributed by atoms with E-state index in [1.54, 1.807) is 6.92 Å². The van der Waals surface area contributed by atoms with Crippen LogP contribution in [-0.2, 0) is 25.6 Å². The third-order valence-electron chi connectivity index (χ3n) is 5.01. The molecule has 4 aromatic rings. The Morgan fingerprint density at radius 3 is 2.34 bits per heavy atom. The van der Waals surface area contributed by atoms with Gasteiger partial charge in [-0.15, -0.1) is 0 Å². The second-order valence-corrected chi connectivity index (χ2v) is 11.5. The third kappa shape index (κ3) is 5.20. The molecule has 2 aromatic carbocycles. The first-order valence-electron chi connectivity index (χ1n) is 9.98. The lowest BCUT2D eigenvalue weighted by molar-refractivity contribution is 0.593. The van der Waals surface area contributed by atoms with Crippen LogP contribution in [0, 0.1) is 18.6 Å². The first-order chi connectivity index (χ1) is 16.3. The van der Waals surface area contributed by atoms with Crippen LogP contribution >= 0.6 is 0 Å². The molecule has 1 N–H and O–H groups in total. The zero-order chi connectivity index (χ0) is 25.5. The molecule has 0 aliphatic heterocycles. The molecular formula is C22H18F2N4O5S2. The predicted molar refractivity (Wildman–Crippen MR) is 126 cm³/mol. The maximum Gasteiger partial charge on any atom is 0.266 e. The average molecular weight is 521 g/mol. The highest BCUT2D eigenvalue weighted by atomic mass is 32.2. The molecular weight excluding hydrogens is 502 g/mol. The van der Waals surface area contributed by atoms with Crippen LogP contribution in [0.4, 0.5) is 14.5 Å². The first kappa shape index (κ1) is 24.4. The zero-order valence-corrected chi connectivity index (χ0v) is 20.0. The van der Waals surface area contributed by atoms with Crippen LogP contribution < -0.4 is 10.3 Å². The second kappa shape index (κ2) is 8.82. The van der Waals surface area contributed by atoms with Crippen LogP contribution in [0.2, 0.25) is 0 Å². The van der Waals surface area contributed by atoms with E-state index in [0.717, 1.165) is 35.2 Å². The Balaban J connectivity index is 1.67. The minimum atomic E-state index is -4.01. The number of nitrogens with zero attached hydrogens (tertiary/aromatic N) is 3. The topological polar surface area (TPSA) is 128 Å². The summed E-state index contributed by atoms with van der Waals surface area (Å²) >= 11 is 0. The summed E-state index contributed by atoms with van der Waals surface area (Å²) in [7, 11) is -7.69. The van der Waals surface area contributed by atoms with E-state index in [0.29, 0.717) is 11.1 Å². The highest BCUT2D eigenvalue weighted by Gasteiger charge is 2.18. The lowest BCUT2D eigenvalue weighted by Crippen LogP contribution is -2.21. The van der Waals surface area contributed by atoms with Gasteiger partial charge in [-0.25, -0.2) is 35.6 Å². The Hall–Kier alpha value is -3.71. The van der Waals surface area contributed by atoms with Crippen molar-refractivity contribution in [2.45, 2.75) is 17.8 Å². The Morgan fingerprint density at radius 2 is 1.71 bits per heavy atom. The number of nitrogens with one attached hydrogen (secondary N) is 1. The Bertz CT molecular complexity index is 1740. The van der Waals surface area contributed by atoms with Crippen molar-refractivity contribution in [1.82, 2.24) is 14.5 Å². The van der Waals surface area contributed by atoms with Crippen molar-refractivity contribution in [2.75, 3.05) is 11.0 Å². The minimum absolute atomic E-state index is 0.0295. The van der Waals surface area contributed by atoms with E-state index in [2.05, 4.69) is 14.7 Å². The van der Waals surface area contributed by atoms with Gasteiger partial charge in [0.2, 0.25) is 25.0 Å². The highest BCUT2D eigenvalue weighted by molar-refractivity contribution is 7.92. The molecule has 0 aliphatic carbocycles. The number of pyridine rings is 1. The Labute approximate surface area is 199 Å². The fraction of sp³-hybridized carbons (Fsp3) is 0.136. The zero-order valence-electron chi connectivity index (χ0n) is 18.4. The minimum Gasteiger partial charge on any atom is -0.283 e. The van der Waals surface area contributed by atoms with Crippen LogP contribution in [0.1, 0.15) is 11.1 Å². The van der Waals surface area contributed by atoms with Gasteiger partial charge >= 0.3 is 0 Å². The third-order valence-corrected chi connectivity index (χ3v) is 7.11. The van der Waals surface area contributed by atoms with Crippen molar-refractivity contribution in [3.63, 3.8) is 0 Å². The highest BCUT2D eigenvalue weighted by Crippen LogP contribution is 2.22. The molecule has 0 aliphatic rings. The molecule has 0 fully saturated rings. The van der Waals surface area contributed by atoms with E-state index in [1.807, 2.05) is 0 Å². The van der Waals surface area contributed by atoms with Crippen LogP contribution in [0.5, 0.6) is 0 Å². The summed E-state index contributed by atoms with van der Waals surface area (Å²) in [5.41, 5.74) is 0.0579. The molecule has 182 valence electrons. The number of aromatic nitrogens is 3. The summed E-state index contributed by atoms with van der Waals surface area (Å²) in [5.74, 6) is -1.94. The molecule has 2 heterocycles. The largest absolute Gasteiger partial charge is 0.283 e. The smallest absolute Gasteiger partial charge is 0.266 e. The standard InChI is InChI=1S/C22H18F2N4O5S2/c1-13-11-28(21(29)17-10-25-22(26-20(13)17)34(2,30)31)16-7-8-19(18(24)9-16)27-35(32,33)12-14-3-5-15(23)6-4-14/h3-11,27H,12H2,1-2H3. The van der Waals surface area contributed by atoms with Gasteiger partial charge in [0, 0.05) is 24.7 Å².